The standard InChI is InChI=1S/C25H25F2N3O4/c1-24(2)18-7-5-6-8-19(18)29(4)20(24)13-16(31)14-30-21(32)25(3,28-23(30)33)15-9-11-17(12-10-15)34-22(26)27/h5-13,22H,14H2,1-4H3,(H,28,33). The van der Waals surface area contributed by atoms with E-state index in [9.17, 15) is 23.2 Å². The first-order valence-corrected chi connectivity index (χ1v) is 10.7. The van der Waals surface area contributed by atoms with Gasteiger partial charge in [0.15, 0.2) is 5.78 Å². The number of carbonyl (C=O) groups excluding carboxylic acids is 3. The lowest BCUT2D eigenvalue weighted by Gasteiger charge is -2.24. The van der Waals surface area contributed by atoms with Gasteiger partial charge in [0.05, 0.1) is 6.54 Å². The highest BCUT2D eigenvalue weighted by atomic mass is 19.3. The molecule has 1 unspecified atom stereocenters. The summed E-state index contributed by atoms with van der Waals surface area (Å²) in [6.45, 7) is 2.14. The molecule has 178 valence electrons. The Morgan fingerprint density at radius 3 is 2.35 bits per heavy atom. The lowest BCUT2D eigenvalue weighted by molar-refractivity contribution is -0.133. The molecule has 2 aromatic rings. The van der Waals surface area contributed by atoms with Gasteiger partial charge in [-0.3, -0.25) is 14.5 Å². The van der Waals surface area contributed by atoms with E-state index < -0.39 is 41.8 Å². The number of alkyl halides is 2. The number of fused-ring (bicyclic) bond motifs is 1. The van der Waals surface area contributed by atoms with Crippen LogP contribution in [0, 0.1) is 0 Å². The van der Waals surface area contributed by atoms with Gasteiger partial charge in [0.25, 0.3) is 5.91 Å². The number of hydrogen-bond acceptors (Lipinski definition) is 5. The quantitative estimate of drug-likeness (QED) is 0.512. The molecule has 4 rings (SSSR count). The van der Waals surface area contributed by atoms with Gasteiger partial charge in [-0.15, -0.1) is 0 Å². The van der Waals surface area contributed by atoms with E-state index >= 15 is 0 Å². The molecule has 7 nitrogen and oxygen atoms in total. The molecule has 0 bridgehead atoms. The Bertz CT molecular complexity index is 1190. The van der Waals surface area contributed by atoms with Crippen molar-refractivity contribution in [3.05, 3.63) is 71.4 Å². The normalized spacial score (nSPS) is 22.4. The molecule has 2 aromatic carbocycles. The molecule has 0 aromatic heterocycles. The molecule has 34 heavy (non-hydrogen) atoms. The number of benzene rings is 2. The number of amides is 3. The molecule has 0 radical (unpaired) electrons. The Morgan fingerprint density at radius 2 is 1.74 bits per heavy atom. The van der Waals surface area contributed by atoms with Crippen LogP contribution < -0.4 is 15.0 Å². The summed E-state index contributed by atoms with van der Waals surface area (Å²) in [6.07, 6.45) is 1.48. The molecular weight excluding hydrogens is 444 g/mol. The van der Waals surface area contributed by atoms with Crippen molar-refractivity contribution in [2.75, 3.05) is 18.5 Å². The van der Waals surface area contributed by atoms with E-state index in [2.05, 4.69) is 10.1 Å². The van der Waals surface area contributed by atoms with Gasteiger partial charge in [0.1, 0.15) is 11.3 Å². The van der Waals surface area contributed by atoms with Crippen molar-refractivity contribution >= 4 is 23.4 Å². The fourth-order valence-corrected chi connectivity index (χ4v) is 4.62. The van der Waals surface area contributed by atoms with Crippen molar-refractivity contribution < 1.29 is 27.9 Å². The second kappa shape index (κ2) is 8.23. The summed E-state index contributed by atoms with van der Waals surface area (Å²) in [5, 5.41) is 2.61. The number of allylic oxidation sites excluding steroid dienone is 1. The summed E-state index contributed by atoms with van der Waals surface area (Å²) in [5.74, 6) is -1.06. The molecule has 2 heterocycles. The highest BCUT2D eigenvalue weighted by Crippen LogP contribution is 2.46. The van der Waals surface area contributed by atoms with Crippen LogP contribution in [0.5, 0.6) is 5.75 Å². The molecule has 2 aliphatic heterocycles. The predicted octanol–water partition coefficient (Wildman–Crippen LogP) is 3.94. The zero-order chi connectivity index (χ0) is 24.8. The van der Waals surface area contributed by atoms with Gasteiger partial charge in [-0.05, 0) is 36.2 Å². The maximum atomic E-state index is 13.2. The average Bonchev–Trinajstić information content (AvgIpc) is 3.11. The van der Waals surface area contributed by atoms with Crippen LogP contribution in [0.15, 0.2) is 60.3 Å². The van der Waals surface area contributed by atoms with Crippen LogP contribution in [0.4, 0.5) is 19.3 Å². The molecule has 1 saturated heterocycles. The fraction of sp³-hybridized carbons (Fsp3) is 0.320. The number of likely N-dealkylation sites (N-methyl/N-ethyl adjacent to an activating group) is 1. The fourth-order valence-electron chi connectivity index (χ4n) is 4.62. The van der Waals surface area contributed by atoms with Gasteiger partial charge in [0.2, 0.25) is 0 Å². The number of hydrogen-bond donors (Lipinski definition) is 1. The van der Waals surface area contributed by atoms with E-state index in [0.717, 1.165) is 21.8 Å². The van der Waals surface area contributed by atoms with Gasteiger partial charge < -0.3 is 15.0 Å². The van der Waals surface area contributed by atoms with Crippen molar-refractivity contribution in [2.45, 2.75) is 38.3 Å². The number of urea groups is 1. The third kappa shape index (κ3) is 3.81. The van der Waals surface area contributed by atoms with Crippen LogP contribution >= 0.6 is 0 Å². The topological polar surface area (TPSA) is 79.0 Å². The maximum Gasteiger partial charge on any atom is 0.387 e. The molecule has 0 aliphatic carbocycles. The summed E-state index contributed by atoms with van der Waals surface area (Å²) in [5.41, 5.74) is 1.37. The number of ether oxygens (including phenoxy) is 1. The lowest BCUT2D eigenvalue weighted by atomic mass is 9.83. The van der Waals surface area contributed by atoms with Crippen LogP contribution in [0.3, 0.4) is 0 Å². The lowest BCUT2D eigenvalue weighted by Crippen LogP contribution is -2.41. The average molecular weight is 469 g/mol. The number of halogens is 2. The highest BCUT2D eigenvalue weighted by Gasteiger charge is 2.49. The summed E-state index contributed by atoms with van der Waals surface area (Å²) < 4.78 is 29.1. The number of ketones is 1. The number of nitrogens with one attached hydrogen (secondary N) is 1. The Kier molecular flexibility index (Phi) is 5.67. The Morgan fingerprint density at radius 1 is 1.09 bits per heavy atom. The van der Waals surface area contributed by atoms with Crippen molar-refractivity contribution in [3.8, 4) is 5.75 Å². The van der Waals surface area contributed by atoms with E-state index in [0.29, 0.717) is 5.56 Å². The maximum absolute atomic E-state index is 13.2. The molecule has 0 spiro atoms. The third-order valence-corrected chi connectivity index (χ3v) is 6.48. The largest absolute Gasteiger partial charge is 0.435 e. The van der Waals surface area contributed by atoms with E-state index in [1.54, 1.807) is 0 Å². The summed E-state index contributed by atoms with van der Waals surface area (Å²) in [6, 6.07) is 12.6. The third-order valence-electron chi connectivity index (χ3n) is 6.48. The minimum atomic E-state index is -2.97. The molecular formula is C25H25F2N3O4. The van der Waals surface area contributed by atoms with Gasteiger partial charge in [-0.25, -0.2) is 4.79 Å². The Balaban J connectivity index is 1.53. The minimum Gasteiger partial charge on any atom is -0.435 e. The number of carbonyl (C=O) groups is 3. The van der Waals surface area contributed by atoms with Gasteiger partial charge >= 0.3 is 12.6 Å². The number of anilines is 1. The van der Waals surface area contributed by atoms with E-state index in [4.69, 9.17) is 0 Å². The summed E-state index contributed by atoms with van der Waals surface area (Å²) in [4.78, 5) is 41.5. The van der Waals surface area contributed by atoms with Crippen LogP contribution in [0.1, 0.15) is 31.9 Å². The SMILES string of the molecule is CN1C(=CC(=O)CN2C(=O)NC(C)(c3ccc(OC(F)F)cc3)C2=O)C(C)(C)c2ccccc21. The van der Waals surface area contributed by atoms with Crippen LogP contribution in [0.25, 0.3) is 0 Å². The smallest absolute Gasteiger partial charge is 0.387 e. The first kappa shape index (κ1) is 23.4. The minimum absolute atomic E-state index is 0.0675. The molecule has 1 N–H and O–H groups in total. The van der Waals surface area contributed by atoms with Crippen molar-refractivity contribution in [2.24, 2.45) is 0 Å². The number of para-hydroxylation sites is 1. The Hall–Kier alpha value is -3.75. The number of rotatable bonds is 6. The van der Waals surface area contributed by atoms with E-state index in [1.165, 1.54) is 37.3 Å². The molecule has 1 fully saturated rings. The zero-order valence-electron chi connectivity index (χ0n) is 19.3. The van der Waals surface area contributed by atoms with Gasteiger partial charge in [0, 0.05) is 29.9 Å². The first-order chi connectivity index (χ1) is 15.9. The van der Waals surface area contributed by atoms with Crippen LogP contribution in [-0.4, -0.2) is 42.8 Å². The van der Waals surface area contributed by atoms with Crippen LogP contribution in [0.2, 0.25) is 0 Å². The van der Waals surface area contributed by atoms with Crippen molar-refractivity contribution in [3.63, 3.8) is 0 Å². The summed E-state index contributed by atoms with van der Waals surface area (Å²) >= 11 is 0. The predicted molar refractivity (Wildman–Crippen MR) is 122 cm³/mol. The van der Waals surface area contributed by atoms with Crippen LogP contribution in [-0.2, 0) is 20.5 Å². The summed E-state index contributed by atoms with van der Waals surface area (Å²) in [7, 11) is 1.87. The van der Waals surface area contributed by atoms with Gasteiger partial charge in [-0.1, -0.05) is 44.2 Å². The molecule has 3 amide bonds. The number of nitrogens with zero attached hydrogens (tertiary/aromatic N) is 2. The van der Waals surface area contributed by atoms with E-state index in [-0.39, 0.29) is 5.75 Å². The van der Waals surface area contributed by atoms with Gasteiger partial charge in [-0.2, -0.15) is 8.78 Å². The second-order valence-corrected chi connectivity index (χ2v) is 9.05. The Labute approximate surface area is 196 Å². The second-order valence-electron chi connectivity index (χ2n) is 9.05. The highest BCUT2D eigenvalue weighted by molar-refractivity contribution is 6.10. The number of imide groups is 1. The molecule has 2 aliphatic rings. The van der Waals surface area contributed by atoms with Crippen molar-refractivity contribution in [1.82, 2.24) is 10.2 Å². The van der Waals surface area contributed by atoms with Crippen molar-refractivity contribution in [1.29, 1.82) is 0 Å². The van der Waals surface area contributed by atoms with E-state index in [1.807, 2.05) is 50.1 Å². The monoisotopic (exact) mass is 469 g/mol. The molecule has 9 heteroatoms. The molecule has 0 saturated carbocycles. The first-order valence-electron chi connectivity index (χ1n) is 10.7. The molecule has 1 atom stereocenters. The zero-order valence-corrected chi connectivity index (χ0v) is 19.3.